The summed E-state index contributed by atoms with van der Waals surface area (Å²) in [6.07, 6.45) is 0. The number of hydrogen-bond donors (Lipinski definition) is 2. The second-order valence-corrected chi connectivity index (χ2v) is 4.83. The minimum Gasteiger partial charge on any atom is -0.485 e. The van der Waals surface area contributed by atoms with Gasteiger partial charge in [-0.1, -0.05) is 18.2 Å². The molecule has 0 spiro atoms. The van der Waals surface area contributed by atoms with Gasteiger partial charge in [-0.2, -0.15) is 0 Å². The summed E-state index contributed by atoms with van der Waals surface area (Å²) in [5.74, 6) is 0.899. The van der Waals surface area contributed by atoms with Gasteiger partial charge in [0.2, 0.25) is 5.91 Å². The highest BCUT2D eigenvalue weighted by atomic mass is 16.5. The van der Waals surface area contributed by atoms with Crippen LogP contribution in [0.15, 0.2) is 42.5 Å². The average molecular weight is 281 g/mol. The molecular formula is C16H15N3O2. The molecule has 0 saturated heterocycles. The molecule has 106 valence electrons. The van der Waals surface area contributed by atoms with Crippen molar-refractivity contribution in [1.29, 1.82) is 0 Å². The molecule has 0 aliphatic heterocycles. The average Bonchev–Trinajstić information content (AvgIpc) is 2.89. The van der Waals surface area contributed by atoms with Gasteiger partial charge in [-0.05, 0) is 36.8 Å². The molecule has 5 nitrogen and oxygen atoms in total. The van der Waals surface area contributed by atoms with E-state index in [2.05, 4.69) is 9.97 Å². The van der Waals surface area contributed by atoms with Crippen LogP contribution in [-0.4, -0.2) is 15.9 Å². The smallest absolute Gasteiger partial charge is 0.248 e. The van der Waals surface area contributed by atoms with Crippen molar-refractivity contribution in [1.82, 2.24) is 9.97 Å². The van der Waals surface area contributed by atoms with E-state index in [1.165, 1.54) is 0 Å². The summed E-state index contributed by atoms with van der Waals surface area (Å²) >= 11 is 0. The molecule has 0 radical (unpaired) electrons. The zero-order valence-corrected chi connectivity index (χ0v) is 11.6. The van der Waals surface area contributed by atoms with Crippen molar-refractivity contribution < 1.29 is 9.53 Å². The molecule has 0 aliphatic carbocycles. The predicted molar refractivity (Wildman–Crippen MR) is 80.1 cm³/mol. The molecule has 1 amide bonds. The fourth-order valence-corrected chi connectivity index (χ4v) is 2.13. The number of fused-ring (bicyclic) bond motifs is 1. The van der Waals surface area contributed by atoms with Crippen LogP contribution < -0.4 is 10.5 Å². The van der Waals surface area contributed by atoms with Gasteiger partial charge in [0.05, 0.1) is 11.0 Å². The summed E-state index contributed by atoms with van der Waals surface area (Å²) in [5.41, 5.74) is 8.52. The minimum atomic E-state index is -0.469. The first kappa shape index (κ1) is 13.2. The maximum absolute atomic E-state index is 11.2. The maximum atomic E-state index is 11.2. The SMILES string of the molecule is Cc1ccc(C(N)=O)cc1OCc1nc2ccccc2[nH]1. The maximum Gasteiger partial charge on any atom is 0.248 e. The number of H-pyrrole nitrogens is 1. The van der Waals surface area contributed by atoms with Gasteiger partial charge in [-0.3, -0.25) is 4.79 Å². The Labute approximate surface area is 121 Å². The van der Waals surface area contributed by atoms with Gasteiger partial charge in [-0.25, -0.2) is 4.98 Å². The van der Waals surface area contributed by atoms with Gasteiger partial charge >= 0.3 is 0 Å². The first-order chi connectivity index (χ1) is 10.1. The summed E-state index contributed by atoms with van der Waals surface area (Å²) in [6, 6.07) is 12.9. The van der Waals surface area contributed by atoms with Gasteiger partial charge < -0.3 is 15.5 Å². The van der Waals surface area contributed by atoms with Gasteiger partial charge in [0.1, 0.15) is 18.2 Å². The van der Waals surface area contributed by atoms with Gasteiger partial charge in [-0.15, -0.1) is 0 Å². The Morgan fingerprint density at radius 1 is 1.29 bits per heavy atom. The number of benzene rings is 2. The van der Waals surface area contributed by atoms with Gasteiger partial charge in [0, 0.05) is 5.56 Å². The number of imidazole rings is 1. The Balaban J connectivity index is 1.80. The number of carbonyl (C=O) groups is 1. The highest BCUT2D eigenvalue weighted by Gasteiger charge is 2.07. The Bertz CT molecular complexity index is 775. The molecule has 3 aromatic rings. The summed E-state index contributed by atoms with van der Waals surface area (Å²) < 4.78 is 5.74. The third-order valence-electron chi connectivity index (χ3n) is 3.28. The number of aromatic nitrogens is 2. The molecule has 0 bridgehead atoms. The van der Waals surface area contributed by atoms with E-state index in [1.807, 2.05) is 37.3 Å². The fourth-order valence-electron chi connectivity index (χ4n) is 2.13. The van der Waals surface area contributed by atoms with Crippen LogP contribution in [0.1, 0.15) is 21.7 Å². The first-order valence-electron chi connectivity index (χ1n) is 6.60. The lowest BCUT2D eigenvalue weighted by atomic mass is 10.1. The molecule has 5 heteroatoms. The molecule has 0 aliphatic rings. The third kappa shape index (κ3) is 2.72. The number of amides is 1. The van der Waals surface area contributed by atoms with Crippen LogP contribution >= 0.6 is 0 Å². The number of rotatable bonds is 4. The lowest BCUT2D eigenvalue weighted by Crippen LogP contribution is -2.11. The zero-order chi connectivity index (χ0) is 14.8. The van der Waals surface area contributed by atoms with E-state index in [0.717, 1.165) is 22.4 Å². The summed E-state index contributed by atoms with van der Waals surface area (Å²) in [4.78, 5) is 18.8. The number of primary amides is 1. The fraction of sp³-hybridized carbons (Fsp3) is 0.125. The van der Waals surface area contributed by atoms with Gasteiger partial charge in [0.15, 0.2) is 0 Å². The van der Waals surface area contributed by atoms with E-state index >= 15 is 0 Å². The van der Waals surface area contributed by atoms with Crippen molar-refractivity contribution in [2.45, 2.75) is 13.5 Å². The van der Waals surface area contributed by atoms with Crippen LogP contribution in [0.25, 0.3) is 11.0 Å². The van der Waals surface area contributed by atoms with E-state index in [1.54, 1.807) is 12.1 Å². The molecule has 0 fully saturated rings. The largest absolute Gasteiger partial charge is 0.485 e. The van der Waals surface area contributed by atoms with Crippen molar-refractivity contribution in [3.8, 4) is 5.75 Å². The summed E-state index contributed by atoms with van der Waals surface area (Å²) in [6.45, 7) is 2.22. The van der Waals surface area contributed by atoms with Gasteiger partial charge in [0.25, 0.3) is 0 Å². The molecule has 0 atom stereocenters. The molecule has 3 rings (SSSR count). The number of ether oxygens (including phenoxy) is 1. The third-order valence-corrected chi connectivity index (χ3v) is 3.28. The normalized spacial score (nSPS) is 10.7. The lowest BCUT2D eigenvalue weighted by molar-refractivity contribution is 0.1000. The second kappa shape index (κ2) is 5.28. The van der Waals surface area contributed by atoms with Crippen LogP contribution in [-0.2, 0) is 6.61 Å². The van der Waals surface area contributed by atoms with Crippen molar-refractivity contribution >= 4 is 16.9 Å². The van der Waals surface area contributed by atoms with Crippen LogP contribution in [0, 0.1) is 6.92 Å². The van der Waals surface area contributed by atoms with Crippen LogP contribution in [0.2, 0.25) is 0 Å². The second-order valence-electron chi connectivity index (χ2n) is 4.83. The summed E-state index contributed by atoms with van der Waals surface area (Å²) in [7, 11) is 0. The van der Waals surface area contributed by atoms with E-state index in [4.69, 9.17) is 10.5 Å². The molecule has 21 heavy (non-hydrogen) atoms. The monoisotopic (exact) mass is 281 g/mol. The molecule has 2 aromatic carbocycles. The number of aromatic amines is 1. The number of nitrogens with two attached hydrogens (primary N) is 1. The quantitative estimate of drug-likeness (QED) is 0.771. The standard InChI is InChI=1S/C16H15N3O2/c1-10-6-7-11(16(17)20)8-14(10)21-9-15-18-12-4-2-3-5-13(12)19-15/h2-8H,9H2,1H3,(H2,17,20)(H,18,19). The van der Waals surface area contributed by atoms with E-state index in [9.17, 15) is 4.79 Å². The number of nitrogens with zero attached hydrogens (tertiary/aromatic N) is 1. The highest BCUT2D eigenvalue weighted by molar-refractivity contribution is 5.93. The van der Waals surface area contributed by atoms with Crippen molar-refractivity contribution in [3.63, 3.8) is 0 Å². The Morgan fingerprint density at radius 3 is 2.86 bits per heavy atom. The molecule has 3 N–H and O–H groups in total. The van der Waals surface area contributed by atoms with Crippen molar-refractivity contribution in [3.05, 3.63) is 59.4 Å². The van der Waals surface area contributed by atoms with Crippen LogP contribution in [0.4, 0.5) is 0 Å². The summed E-state index contributed by atoms with van der Waals surface area (Å²) in [5, 5.41) is 0. The van der Waals surface area contributed by atoms with Crippen LogP contribution in [0.5, 0.6) is 5.75 Å². The van der Waals surface area contributed by atoms with Crippen molar-refractivity contribution in [2.75, 3.05) is 0 Å². The number of hydrogen-bond acceptors (Lipinski definition) is 3. The molecule has 1 heterocycles. The number of para-hydroxylation sites is 2. The lowest BCUT2D eigenvalue weighted by Gasteiger charge is -2.08. The Morgan fingerprint density at radius 2 is 2.10 bits per heavy atom. The molecule has 0 unspecified atom stereocenters. The molecule has 1 aromatic heterocycles. The molecular weight excluding hydrogens is 266 g/mol. The first-order valence-corrected chi connectivity index (χ1v) is 6.60. The molecule has 0 saturated carbocycles. The number of aryl methyl sites for hydroxylation is 1. The zero-order valence-electron chi connectivity index (χ0n) is 11.6. The van der Waals surface area contributed by atoms with E-state index in [-0.39, 0.29) is 0 Å². The minimum absolute atomic E-state index is 0.303. The van der Waals surface area contributed by atoms with E-state index in [0.29, 0.717) is 17.9 Å². The van der Waals surface area contributed by atoms with E-state index < -0.39 is 5.91 Å². The van der Waals surface area contributed by atoms with Crippen LogP contribution in [0.3, 0.4) is 0 Å². The predicted octanol–water partition coefficient (Wildman–Crippen LogP) is 2.55. The Hall–Kier alpha value is -2.82. The topological polar surface area (TPSA) is 81.0 Å². The highest BCUT2D eigenvalue weighted by Crippen LogP contribution is 2.21. The van der Waals surface area contributed by atoms with Crippen molar-refractivity contribution in [2.24, 2.45) is 5.73 Å². The Kier molecular flexibility index (Phi) is 3.31. The number of nitrogens with one attached hydrogen (secondary N) is 1. The number of carbonyl (C=O) groups excluding carboxylic acids is 1.